The Balaban J connectivity index is 2.04. The van der Waals surface area contributed by atoms with Crippen molar-refractivity contribution in [3.63, 3.8) is 0 Å². The molecule has 25 heavy (non-hydrogen) atoms. The van der Waals surface area contributed by atoms with E-state index in [1.54, 1.807) is 30.3 Å². The number of aromatic nitrogens is 4. The Kier molecular flexibility index (Phi) is 4.71. The van der Waals surface area contributed by atoms with Gasteiger partial charge in [0.05, 0.1) is 16.2 Å². The van der Waals surface area contributed by atoms with Crippen molar-refractivity contribution in [1.29, 1.82) is 0 Å². The number of rotatable bonds is 6. The Morgan fingerprint density at radius 1 is 1.28 bits per heavy atom. The van der Waals surface area contributed by atoms with Gasteiger partial charge in [-0.25, -0.2) is 0 Å². The molecule has 0 aliphatic heterocycles. The summed E-state index contributed by atoms with van der Waals surface area (Å²) in [5.41, 5.74) is 0.848. The standard InChI is InChI=1S/C16H12ClN5O3/c1-2-10-25-15-13(4-3-5-14(15)22(23)24)16-18-20-21(19-16)12-8-6-11(17)7-9-12/h2-9H,1,10H2. The monoisotopic (exact) mass is 357 g/mol. The van der Waals surface area contributed by atoms with E-state index >= 15 is 0 Å². The first-order chi connectivity index (χ1) is 12.1. The number of tetrazole rings is 1. The average molecular weight is 358 g/mol. The molecule has 126 valence electrons. The molecule has 0 saturated carbocycles. The van der Waals surface area contributed by atoms with E-state index < -0.39 is 4.92 Å². The van der Waals surface area contributed by atoms with E-state index in [0.29, 0.717) is 16.3 Å². The molecule has 3 rings (SSSR count). The minimum absolute atomic E-state index is 0.0723. The molecule has 0 amide bonds. The highest BCUT2D eigenvalue weighted by Crippen LogP contribution is 2.36. The van der Waals surface area contributed by atoms with E-state index in [-0.39, 0.29) is 23.9 Å². The molecule has 2 aromatic carbocycles. The van der Waals surface area contributed by atoms with Crippen molar-refractivity contribution < 1.29 is 9.66 Å². The topological polar surface area (TPSA) is 96.0 Å². The second-order valence-electron chi connectivity index (χ2n) is 4.89. The van der Waals surface area contributed by atoms with E-state index in [1.807, 2.05) is 0 Å². The van der Waals surface area contributed by atoms with Crippen molar-refractivity contribution in [2.45, 2.75) is 0 Å². The van der Waals surface area contributed by atoms with Crippen LogP contribution < -0.4 is 4.74 Å². The van der Waals surface area contributed by atoms with Crippen molar-refractivity contribution in [3.05, 3.63) is 70.3 Å². The van der Waals surface area contributed by atoms with Crippen LogP contribution in [0.1, 0.15) is 0 Å². The molecule has 9 heteroatoms. The molecule has 3 aromatic rings. The third kappa shape index (κ3) is 3.48. The summed E-state index contributed by atoms with van der Waals surface area (Å²) in [5.74, 6) is 0.278. The molecule has 0 unspecified atom stereocenters. The van der Waals surface area contributed by atoms with Gasteiger partial charge in [-0.1, -0.05) is 30.3 Å². The quantitative estimate of drug-likeness (QED) is 0.381. The van der Waals surface area contributed by atoms with E-state index in [4.69, 9.17) is 16.3 Å². The fourth-order valence-corrected chi connectivity index (χ4v) is 2.27. The van der Waals surface area contributed by atoms with E-state index in [1.165, 1.54) is 23.0 Å². The van der Waals surface area contributed by atoms with Gasteiger partial charge in [-0.05, 0) is 35.5 Å². The van der Waals surface area contributed by atoms with Crippen molar-refractivity contribution >= 4 is 17.3 Å². The zero-order valence-electron chi connectivity index (χ0n) is 12.9. The lowest BCUT2D eigenvalue weighted by Crippen LogP contribution is -2.01. The third-order valence-electron chi connectivity index (χ3n) is 3.25. The summed E-state index contributed by atoms with van der Waals surface area (Å²) in [4.78, 5) is 12.0. The summed E-state index contributed by atoms with van der Waals surface area (Å²) < 4.78 is 5.47. The number of nitro groups is 1. The maximum Gasteiger partial charge on any atom is 0.311 e. The molecular formula is C16H12ClN5O3. The molecule has 0 atom stereocenters. The SMILES string of the molecule is C=CCOc1c(-c2nnn(-c3ccc(Cl)cc3)n2)cccc1[N+](=O)[O-]. The summed E-state index contributed by atoms with van der Waals surface area (Å²) in [6.45, 7) is 3.66. The highest BCUT2D eigenvalue weighted by atomic mass is 35.5. The minimum Gasteiger partial charge on any atom is -0.482 e. The van der Waals surface area contributed by atoms with Crippen LogP contribution in [0.4, 0.5) is 5.69 Å². The summed E-state index contributed by atoms with van der Waals surface area (Å²) in [6, 6.07) is 11.4. The number of nitro benzene ring substituents is 1. The minimum atomic E-state index is -0.522. The van der Waals surface area contributed by atoms with Crippen LogP contribution in [0.25, 0.3) is 17.1 Å². The molecule has 0 saturated heterocycles. The fourth-order valence-electron chi connectivity index (χ4n) is 2.14. The van der Waals surface area contributed by atoms with Crippen molar-refractivity contribution in [3.8, 4) is 22.8 Å². The molecule has 0 aliphatic rings. The van der Waals surface area contributed by atoms with Crippen molar-refractivity contribution in [2.75, 3.05) is 6.61 Å². The van der Waals surface area contributed by atoms with Gasteiger partial charge in [0, 0.05) is 11.1 Å². The first-order valence-electron chi connectivity index (χ1n) is 7.17. The first kappa shape index (κ1) is 16.6. The van der Waals surface area contributed by atoms with E-state index in [2.05, 4.69) is 22.0 Å². The Bertz CT molecular complexity index is 924. The van der Waals surface area contributed by atoms with Gasteiger partial charge in [0.15, 0.2) is 0 Å². The van der Waals surface area contributed by atoms with E-state index in [0.717, 1.165) is 0 Å². The highest BCUT2D eigenvalue weighted by molar-refractivity contribution is 6.30. The zero-order valence-corrected chi connectivity index (χ0v) is 13.6. The van der Waals surface area contributed by atoms with Crippen LogP contribution in [0.5, 0.6) is 5.75 Å². The molecule has 0 radical (unpaired) electrons. The molecule has 1 heterocycles. The molecule has 8 nitrogen and oxygen atoms in total. The second kappa shape index (κ2) is 7.10. The highest BCUT2D eigenvalue weighted by Gasteiger charge is 2.22. The lowest BCUT2D eigenvalue weighted by molar-refractivity contribution is -0.385. The van der Waals surface area contributed by atoms with Crippen LogP contribution in [-0.4, -0.2) is 31.7 Å². The molecular weight excluding hydrogens is 346 g/mol. The number of benzene rings is 2. The maximum absolute atomic E-state index is 11.3. The van der Waals surface area contributed by atoms with Gasteiger partial charge in [-0.3, -0.25) is 10.1 Å². The molecule has 0 spiro atoms. The summed E-state index contributed by atoms with van der Waals surface area (Å²) in [5, 5.41) is 24.1. The van der Waals surface area contributed by atoms with E-state index in [9.17, 15) is 10.1 Å². The number of halogens is 1. The second-order valence-corrected chi connectivity index (χ2v) is 5.33. The summed E-state index contributed by atoms with van der Waals surface area (Å²) in [7, 11) is 0. The lowest BCUT2D eigenvalue weighted by atomic mass is 10.1. The Hall–Kier alpha value is -3.26. The lowest BCUT2D eigenvalue weighted by Gasteiger charge is -2.07. The molecule has 0 N–H and O–H groups in total. The van der Waals surface area contributed by atoms with Gasteiger partial charge < -0.3 is 4.74 Å². The van der Waals surface area contributed by atoms with Gasteiger partial charge in [0.2, 0.25) is 11.6 Å². The predicted molar refractivity (Wildman–Crippen MR) is 91.9 cm³/mol. The smallest absolute Gasteiger partial charge is 0.311 e. The zero-order chi connectivity index (χ0) is 17.8. The van der Waals surface area contributed by atoms with Gasteiger partial charge in [-0.2, -0.15) is 0 Å². The molecule has 0 fully saturated rings. The number of nitrogens with zero attached hydrogens (tertiary/aromatic N) is 5. The third-order valence-corrected chi connectivity index (χ3v) is 3.50. The Morgan fingerprint density at radius 2 is 2.04 bits per heavy atom. The number of hydrogen-bond donors (Lipinski definition) is 0. The molecule has 0 bridgehead atoms. The van der Waals surface area contributed by atoms with Gasteiger partial charge >= 0.3 is 5.69 Å². The number of ether oxygens (including phenoxy) is 1. The fraction of sp³-hybridized carbons (Fsp3) is 0.0625. The largest absolute Gasteiger partial charge is 0.482 e. The van der Waals surface area contributed by atoms with Crippen LogP contribution >= 0.6 is 11.6 Å². The van der Waals surface area contributed by atoms with Crippen LogP contribution in [0.2, 0.25) is 5.02 Å². The maximum atomic E-state index is 11.3. The Morgan fingerprint density at radius 3 is 2.72 bits per heavy atom. The molecule has 1 aromatic heterocycles. The number of hydrogen-bond acceptors (Lipinski definition) is 6. The van der Waals surface area contributed by atoms with Crippen LogP contribution in [0.3, 0.4) is 0 Å². The number of para-hydroxylation sites is 1. The average Bonchev–Trinajstić information content (AvgIpc) is 3.10. The first-order valence-corrected chi connectivity index (χ1v) is 7.55. The van der Waals surface area contributed by atoms with Gasteiger partial charge in [-0.15, -0.1) is 15.0 Å². The Labute approximate surface area is 147 Å². The van der Waals surface area contributed by atoms with Gasteiger partial charge in [0.25, 0.3) is 0 Å². The van der Waals surface area contributed by atoms with Crippen LogP contribution in [0, 0.1) is 10.1 Å². The van der Waals surface area contributed by atoms with Crippen LogP contribution in [-0.2, 0) is 0 Å². The van der Waals surface area contributed by atoms with Crippen molar-refractivity contribution in [2.24, 2.45) is 0 Å². The van der Waals surface area contributed by atoms with Crippen LogP contribution in [0.15, 0.2) is 55.1 Å². The molecule has 0 aliphatic carbocycles. The summed E-state index contributed by atoms with van der Waals surface area (Å²) >= 11 is 5.86. The normalized spacial score (nSPS) is 10.4. The van der Waals surface area contributed by atoms with Gasteiger partial charge in [0.1, 0.15) is 6.61 Å². The summed E-state index contributed by atoms with van der Waals surface area (Å²) in [6.07, 6.45) is 1.50. The van der Waals surface area contributed by atoms with Crippen molar-refractivity contribution in [1.82, 2.24) is 20.2 Å². The predicted octanol–water partition coefficient (Wildman–Crippen LogP) is 3.46.